The molecule has 0 bridgehead atoms. The molecule has 0 aliphatic heterocycles. The van der Waals surface area contributed by atoms with Crippen LogP contribution < -0.4 is 0 Å². The van der Waals surface area contributed by atoms with Gasteiger partial charge in [-0.15, -0.1) is 0 Å². The SMILES string of the molecule is COC(=O)c1c(-c2c(F)cc(Cl)cc2Br)noc1C. The van der Waals surface area contributed by atoms with Crippen molar-refractivity contribution in [3.63, 3.8) is 0 Å². The molecular formula is C12H8BrClFNO3. The fraction of sp³-hybridized carbons (Fsp3) is 0.167. The third kappa shape index (κ3) is 2.50. The highest BCUT2D eigenvalue weighted by Gasteiger charge is 2.26. The normalized spacial score (nSPS) is 10.6. The van der Waals surface area contributed by atoms with Crippen molar-refractivity contribution in [3.05, 3.63) is 38.8 Å². The van der Waals surface area contributed by atoms with Crippen LogP contribution in [0.1, 0.15) is 16.1 Å². The molecule has 7 heteroatoms. The van der Waals surface area contributed by atoms with Gasteiger partial charge in [0.1, 0.15) is 22.8 Å². The number of ether oxygens (including phenoxy) is 1. The number of hydrogen-bond acceptors (Lipinski definition) is 4. The molecule has 0 radical (unpaired) electrons. The molecular weight excluding hydrogens is 340 g/mol. The maximum Gasteiger partial charge on any atom is 0.343 e. The lowest BCUT2D eigenvalue weighted by molar-refractivity contribution is 0.0599. The van der Waals surface area contributed by atoms with Gasteiger partial charge in [0.25, 0.3) is 0 Å². The quantitative estimate of drug-likeness (QED) is 0.770. The number of methoxy groups -OCH3 is 1. The van der Waals surface area contributed by atoms with Crippen LogP contribution >= 0.6 is 27.5 Å². The number of benzene rings is 1. The van der Waals surface area contributed by atoms with Gasteiger partial charge in [-0.3, -0.25) is 0 Å². The summed E-state index contributed by atoms with van der Waals surface area (Å²) >= 11 is 8.93. The molecule has 0 unspecified atom stereocenters. The molecule has 1 aromatic carbocycles. The van der Waals surface area contributed by atoms with Crippen LogP contribution in [0.4, 0.5) is 4.39 Å². The van der Waals surface area contributed by atoms with Crippen LogP contribution in [-0.2, 0) is 4.74 Å². The zero-order valence-electron chi connectivity index (χ0n) is 9.96. The smallest absolute Gasteiger partial charge is 0.343 e. The fourth-order valence-corrected chi connectivity index (χ4v) is 2.61. The number of hydrogen-bond donors (Lipinski definition) is 0. The molecule has 1 heterocycles. The molecule has 0 N–H and O–H groups in total. The average Bonchev–Trinajstić information content (AvgIpc) is 2.69. The Kier molecular flexibility index (Phi) is 3.91. The summed E-state index contributed by atoms with van der Waals surface area (Å²) in [5, 5.41) is 3.95. The van der Waals surface area contributed by atoms with Gasteiger partial charge in [0.15, 0.2) is 0 Å². The Hall–Kier alpha value is -1.40. The number of nitrogens with zero attached hydrogens (tertiary/aromatic N) is 1. The summed E-state index contributed by atoms with van der Waals surface area (Å²) in [5.41, 5.74) is 0.261. The number of rotatable bonds is 2. The Bertz CT molecular complexity index is 633. The Labute approximate surface area is 121 Å². The summed E-state index contributed by atoms with van der Waals surface area (Å²) in [6.07, 6.45) is 0. The van der Waals surface area contributed by atoms with Crippen molar-refractivity contribution in [1.82, 2.24) is 5.16 Å². The van der Waals surface area contributed by atoms with Gasteiger partial charge in [-0.1, -0.05) is 16.8 Å². The number of aromatic nitrogens is 1. The highest BCUT2D eigenvalue weighted by atomic mass is 79.9. The van der Waals surface area contributed by atoms with Gasteiger partial charge < -0.3 is 9.26 Å². The molecule has 100 valence electrons. The van der Waals surface area contributed by atoms with Crippen molar-refractivity contribution < 1.29 is 18.4 Å². The fourth-order valence-electron chi connectivity index (χ4n) is 1.65. The minimum absolute atomic E-state index is 0.0744. The van der Waals surface area contributed by atoms with E-state index in [1.165, 1.54) is 13.2 Å². The second-order valence-electron chi connectivity index (χ2n) is 3.70. The standard InChI is InChI=1S/C12H8BrClFNO3/c1-5-9(12(17)18-2)11(16-19-5)10-7(13)3-6(14)4-8(10)15/h3-4H,1-2H3. The average molecular weight is 349 g/mol. The van der Waals surface area contributed by atoms with Crippen molar-refractivity contribution >= 4 is 33.5 Å². The van der Waals surface area contributed by atoms with Crippen molar-refractivity contribution in [2.75, 3.05) is 7.11 Å². The van der Waals surface area contributed by atoms with Gasteiger partial charge in [0.2, 0.25) is 0 Å². The van der Waals surface area contributed by atoms with Crippen molar-refractivity contribution in [1.29, 1.82) is 0 Å². The lowest BCUT2D eigenvalue weighted by Crippen LogP contribution is -2.04. The van der Waals surface area contributed by atoms with Gasteiger partial charge in [-0.05, 0) is 35.0 Å². The zero-order valence-corrected chi connectivity index (χ0v) is 12.3. The highest BCUT2D eigenvalue weighted by Crippen LogP contribution is 2.35. The Morgan fingerprint density at radius 2 is 2.21 bits per heavy atom. The summed E-state index contributed by atoms with van der Waals surface area (Å²) < 4.78 is 24.0. The van der Waals surface area contributed by atoms with Crippen LogP contribution in [0.25, 0.3) is 11.3 Å². The van der Waals surface area contributed by atoms with Crippen molar-refractivity contribution in [2.45, 2.75) is 6.92 Å². The van der Waals surface area contributed by atoms with E-state index in [2.05, 4.69) is 25.8 Å². The van der Waals surface area contributed by atoms with Gasteiger partial charge in [0.05, 0.1) is 12.7 Å². The number of esters is 1. The van der Waals surface area contributed by atoms with E-state index in [9.17, 15) is 9.18 Å². The predicted octanol–water partition coefficient (Wildman–Crippen LogP) is 3.99. The number of aryl methyl sites for hydroxylation is 1. The van der Waals surface area contributed by atoms with Gasteiger partial charge in [-0.25, -0.2) is 9.18 Å². The van der Waals surface area contributed by atoms with Crippen LogP contribution in [0.2, 0.25) is 5.02 Å². The molecule has 0 fully saturated rings. The van der Waals surface area contributed by atoms with E-state index >= 15 is 0 Å². The van der Waals surface area contributed by atoms with Gasteiger partial charge >= 0.3 is 5.97 Å². The minimum Gasteiger partial charge on any atom is -0.465 e. The Balaban J connectivity index is 2.70. The monoisotopic (exact) mass is 347 g/mol. The van der Waals surface area contributed by atoms with E-state index in [4.69, 9.17) is 16.1 Å². The second-order valence-corrected chi connectivity index (χ2v) is 4.99. The maximum absolute atomic E-state index is 14.0. The van der Waals surface area contributed by atoms with Crippen LogP contribution in [0.3, 0.4) is 0 Å². The first-order chi connectivity index (χ1) is 8.95. The summed E-state index contributed by atoms with van der Waals surface area (Å²) in [6.45, 7) is 1.55. The molecule has 0 atom stereocenters. The number of carbonyl (C=O) groups is 1. The van der Waals surface area contributed by atoms with Crippen LogP contribution in [0.5, 0.6) is 0 Å². The second kappa shape index (κ2) is 5.30. The summed E-state index contributed by atoms with van der Waals surface area (Å²) in [5.74, 6) is -1.00. The highest BCUT2D eigenvalue weighted by molar-refractivity contribution is 9.10. The van der Waals surface area contributed by atoms with Crippen molar-refractivity contribution in [3.8, 4) is 11.3 Å². The van der Waals surface area contributed by atoms with E-state index in [-0.39, 0.29) is 27.6 Å². The van der Waals surface area contributed by atoms with E-state index < -0.39 is 11.8 Å². The van der Waals surface area contributed by atoms with Crippen LogP contribution in [-0.4, -0.2) is 18.2 Å². The Morgan fingerprint density at radius 3 is 2.79 bits per heavy atom. The first kappa shape index (κ1) is 14.0. The molecule has 0 aliphatic rings. The first-order valence-corrected chi connectivity index (χ1v) is 6.32. The summed E-state index contributed by atoms with van der Waals surface area (Å²) in [4.78, 5) is 11.7. The third-order valence-electron chi connectivity index (χ3n) is 2.50. The Morgan fingerprint density at radius 1 is 1.53 bits per heavy atom. The van der Waals surface area contributed by atoms with Gasteiger partial charge in [0, 0.05) is 9.50 Å². The molecule has 0 saturated carbocycles. The number of halogens is 3. The molecule has 2 rings (SSSR count). The maximum atomic E-state index is 14.0. The minimum atomic E-state index is -0.644. The zero-order chi connectivity index (χ0) is 14.2. The summed E-state index contributed by atoms with van der Waals surface area (Å²) in [7, 11) is 1.23. The molecule has 1 aromatic heterocycles. The predicted molar refractivity (Wildman–Crippen MR) is 70.7 cm³/mol. The van der Waals surface area contributed by atoms with Gasteiger partial charge in [-0.2, -0.15) is 0 Å². The van der Waals surface area contributed by atoms with Crippen LogP contribution in [0.15, 0.2) is 21.1 Å². The van der Waals surface area contributed by atoms with Crippen molar-refractivity contribution in [2.24, 2.45) is 0 Å². The van der Waals surface area contributed by atoms with E-state index in [0.717, 1.165) is 6.07 Å². The third-order valence-corrected chi connectivity index (χ3v) is 3.34. The van der Waals surface area contributed by atoms with E-state index in [0.29, 0.717) is 4.47 Å². The molecule has 4 nitrogen and oxygen atoms in total. The topological polar surface area (TPSA) is 52.3 Å². The largest absolute Gasteiger partial charge is 0.465 e. The van der Waals surface area contributed by atoms with E-state index in [1.807, 2.05) is 0 Å². The van der Waals surface area contributed by atoms with E-state index in [1.54, 1.807) is 6.92 Å². The molecule has 0 amide bonds. The summed E-state index contributed by atoms with van der Waals surface area (Å²) in [6, 6.07) is 2.64. The molecule has 0 spiro atoms. The molecule has 0 saturated heterocycles. The lowest BCUT2D eigenvalue weighted by atomic mass is 10.1. The molecule has 2 aromatic rings. The van der Waals surface area contributed by atoms with Crippen LogP contribution in [0, 0.1) is 12.7 Å². The number of carbonyl (C=O) groups excluding carboxylic acids is 1. The lowest BCUT2D eigenvalue weighted by Gasteiger charge is -2.05. The molecule has 19 heavy (non-hydrogen) atoms. The first-order valence-electron chi connectivity index (χ1n) is 5.15. The molecule has 0 aliphatic carbocycles.